The van der Waals surface area contributed by atoms with Gasteiger partial charge in [-0.3, -0.25) is 9.89 Å². The number of guanidine groups is 1. The molecule has 1 N–H and O–H groups in total. The van der Waals surface area contributed by atoms with E-state index in [1.807, 2.05) is 12.1 Å². The predicted octanol–water partition coefficient (Wildman–Crippen LogP) is 3.63. The van der Waals surface area contributed by atoms with E-state index in [0.717, 1.165) is 95.9 Å². The van der Waals surface area contributed by atoms with Gasteiger partial charge in [0.2, 0.25) is 0 Å². The lowest BCUT2D eigenvalue weighted by molar-refractivity contribution is -0.0318. The first-order valence-corrected chi connectivity index (χ1v) is 11.3. The first-order chi connectivity index (χ1) is 14.2. The van der Waals surface area contributed by atoms with E-state index < -0.39 is 0 Å². The van der Waals surface area contributed by atoms with Gasteiger partial charge in [0, 0.05) is 70.7 Å². The Bertz CT molecular complexity index is 618. The normalized spacial score (nSPS) is 18.9. The van der Waals surface area contributed by atoms with Gasteiger partial charge in [-0.25, -0.2) is 0 Å². The molecule has 0 bridgehead atoms. The Balaban J connectivity index is 0.00000320. The third-order valence-corrected chi connectivity index (χ3v) is 5.66. The largest absolute Gasteiger partial charge is 0.381 e. The monoisotopic (exact) mass is 550 g/mol. The fourth-order valence-electron chi connectivity index (χ4n) is 3.73. The quantitative estimate of drug-likeness (QED) is 0.232. The second-order valence-electron chi connectivity index (χ2n) is 7.66. The van der Waals surface area contributed by atoms with Gasteiger partial charge in [0.25, 0.3) is 0 Å². The van der Waals surface area contributed by atoms with Gasteiger partial charge in [-0.05, 0) is 43.9 Å². The SMILES string of the molecule is CCNC(=NCCCOC1CCOCC1)N1CCN(Cc2ccc(Cl)cc2)CC1.I. The van der Waals surface area contributed by atoms with Crippen LogP contribution in [0.1, 0.15) is 31.7 Å². The molecule has 2 saturated heterocycles. The average molecular weight is 551 g/mol. The summed E-state index contributed by atoms with van der Waals surface area (Å²) in [5.41, 5.74) is 1.31. The van der Waals surface area contributed by atoms with Crippen molar-refractivity contribution >= 4 is 41.5 Å². The van der Waals surface area contributed by atoms with Crippen molar-refractivity contribution in [3.8, 4) is 0 Å². The van der Waals surface area contributed by atoms with Crippen LogP contribution < -0.4 is 5.32 Å². The van der Waals surface area contributed by atoms with E-state index in [0.29, 0.717) is 6.10 Å². The number of benzene rings is 1. The van der Waals surface area contributed by atoms with Crippen molar-refractivity contribution in [3.05, 3.63) is 34.9 Å². The Morgan fingerprint density at radius 2 is 1.87 bits per heavy atom. The maximum absolute atomic E-state index is 5.99. The van der Waals surface area contributed by atoms with Crippen LogP contribution in [-0.2, 0) is 16.0 Å². The smallest absolute Gasteiger partial charge is 0.194 e. The van der Waals surface area contributed by atoms with E-state index in [1.54, 1.807) is 0 Å². The van der Waals surface area contributed by atoms with Crippen molar-refractivity contribution in [2.45, 2.75) is 38.8 Å². The van der Waals surface area contributed by atoms with Crippen LogP contribution in [-0.4, -0.2) is 81.0 Å². The Kier molecular flexibility index (Phi) is 12.4. The number of piperazine rings is 1. The second kappa shape index (κ2) is 14.5. The number of aliphatic imine (C=N–C) groups is 1. The zero-order chi connectivity index (χ0) is 20.3. The first kappa shape index (κ1) is 25.6. The molecule has 0 spiro atoms. The van der Waals surface area contributed by atoms with Gasteiger partial charge in [0.15, 0.2) is 5.96 Å². The van der Waals surface area contributed by atoms with Gasteiger partial charge in [0.1, 0.15) is 0 Å². The number of hydrogen-bond donors (Lipinski definition) is 1. The molecule has 0 atom stereocenters. The minimum Gasteiger partial charge on any atom is -0.381 e. The van der Waals surface area contributed by atoms with E-state index in [4.69, 9.17) is 26.1 Å². The Morgan fingerprint density at radius 3 is 2.53 bits per heavy atom. The standard InChI is InChI=1S/C22H35ClN4O2.HI/c1-2-24-22(25-10-3-15-29-21-8-16-28-17-9-21)27-13-11-26(12-14-27)18-19-4-6-20(23)7-5-19;/h4-7,21H,2-3,8-18H2,1H3,(H,24,25);1H. The molecular weight excluding hydrogens is 515 g/mol. The summed E-state index contributed by atoms with van der Waals surface area (Å²) in [7, 11) is 0. The highest BCUT2D eigenvalue weighted by atomic mass is 127. The van der Waals surface area contributed by atoms with Crippen LogP contribution in [0.3, 0.4) is 0 Å². The molecule has 1 aromatic carbocycles. The summed E-state index contributed by atoms with van der Waals surface area (Å²) in [6, 6.07) is 8.16. The summed E-state index contributed by atoms with van der Waals surface area (Å²) in [5.74, 6) is 1.03. The maximum atomic E-state index is 5.99. The summed E-state index contributed by atoms with van der Waals surface area (Å²) in [4.78, 5) is 9.70. The number of nitrogens with one attached hydrogen (secondary N) is 1. The van der Waals surface area contributed by atoms with E-state index in [-0.39, 0.29) is 24.0 Å². The first-order valence-electron chi connectivity index (χ1n) is 10.9. The van der Waals surface area contributed by atoms with Crippen molar-refractivity contribution in [2.24, 2.45) is 4.99 Å². The molecule has 6 nitrogen and oxygen atoms in total. The molecule has 1 aromatic rings. The van der Waals surface area contributed by atoms with E-state index in [9.17, 15) is 0 Å². The summed E-state index contributed by atoms with van der Waals surface area (Å²) in [5, 5.41) is 4.24. The van der Waals surface area contributed by atoms with E-state index >= 15 is 0 Å². The van der Waals surface area contributed by atoms with Crippen LogP contribution in [0.4, 0.5) is 0 Å². The van der Waals surface area contributed by atoms with Crippen molar-refractivity contribution in [1.29, 1.82) is 0 Å². The van der Waals surface area contributed by atoms with Crippen molar-refractivity contribution in [1.82, 2.24) is 15.1 Å². The topological polar surface area (TPSA) is 49.3 Å². The molecule has 2 aliphatic rings. The Hall–Kier alpha value is -0.610. The summed E-state index contributed by atoms with van der Waals surface area (Å²) in [6.07, 6.45) is 3.37. The Labute approximate surface area is 203 Å². The lowest BCUT2D eigenvalue weighted by Crippen LogP contribution is -2.52. The van der Waals surface area contributed by atoms with Crippen molar-refractivity contribution < 1.29 is 9.47 Å². The fraction of sp³-hybridized carbons (Fsp3) is 0.682. The van der Waals surface area contributed by atoms with Gasteiger partial charge in [0.05, 0.1) is 6.10 Å². The molecule has 8 heteroatoms. The zero-order valence-corrected chi connectivity index (χ0v) is 21.1. The molecule has 2 fully saturated rings. The molecule has 2 heterocycles. The second-order valence-corrected chi connectivity index (χ2v) is 8.10. The molecule has 0 amide bonds. The molecule has 0 unspecified atom stereocenters. The number of nitrogens with zero attached hydrogens (tertiary/aromatic N) is 3. The molecule has 170 valence electrons. The Morgan fingerprint density at radius 1 is 1.17 bits per heavy atom. The lowest BCUT2D eigenvalue weighted by Gasteiger charge is -2.36. The van der Waals surface area contributed by atoms with E-state index in [1.165, 1.54) is 5.56 Å². The van der Waals surface area contributed by atoms with Crippen LogP contribution in [0.15, 0.2) is 29.3 Å². The summed E-state index contributed by atoms with van der Waals surface area (Å²) >= 11 is 5.99. The van der Waals surface area contributed by atoms with Crippen LogP contribution in [0, 0.1) is 0 Å². The highest BCUT2D eigenvalue weighted by Crippen LogP contribution is 2.13. The van der Waals surface area contributed by atoms with E-state index in [2.05, 4.69) is 34.2 Å². The number of halogens is 2. The molecule has 0 aliphatic carbocycles. The third-order valence-electron chi connectivity index (χ3n) is 5.41. The van der Waals surface area contributed by atoms with Crippen LogP contribution >= 0.6 is 35.6 Å². The lowest BCUT2D eigenvalue weighted by atomic mass is 10.1. The highest BCUT2D eigenvalue weighted by molar-refractivity contribution is 14.0. The highest BCUT2D eigenvalue weighted by Gasteiger charge is 2.19. The molecule has 0 aromatic heterocycles. The van der Waals surface area contributed by atoms with Gasteiger partial charge in [-0.2, -0.15) is 0 Å². The third kappa shape index (κ3) is 8.86. The molecular formula is C22H36ClIN4O2. The van der Waals surface area contributed by atoms with Gasteiger partial charge < -0.3 is 19.7 Å². The molecule has 0 radical (unpaired) electrons. The maximum Gasteiger partial charge on any atom is 0.194 e. The van der Waals surface area contributed by atoms with Crippen LogP contribution in [0.2, 0.25) is 5.02 Å². The summed E-state index contributed by atoms with van der Waals surface area (Å²) < 4.78 is 11.3. The summed E-state index contributed by atoms with van der Waals surface area (Å²) in [6.45, 7) is 11.3. The number of hydrogen-bond acceptors (Lipinski definition) is 4. The van der Waals surface area contributed by atoms with Crippen molar-refractivity contribution in [2.75, 3.05) is 59.1 Å². The predicted molar refractivity (Wildman–Crippen MR) is 134 cm³/mol. The van der Waals surface area contributed by atoms with Crippen molar-refractivity contribution in [3.63, 3.8) is 0 Å². The molecule has 2 aliphatic heterocycles. The average Bonchev–Trinajstić information content (AvgIpc) is 2.76. The van der Waals surface area contributed by atoms with Crippen LogP contribution in [0.5, 0.6) is 0 Å². The van der Waals surface area contributed by atoms with Gasteiger partial charge >= 0.3 is 0 Å². The van der Waals surface area contributed by atoms with Gasteiger partial charge in [-0.1, -0.05) is 23.7 Å². The molecule has 3 rings (SSSR count). The van der Waals surface area contributed by atoms with Crippen LogP contribution in [0.25, 0.3) is 0 Å². The molecule has 30 heavy (non-hydrogen) atoms. The minimum absolute atomic E-state index is 0. The molecule has 0 saturated carbocycles. The number of ether oxygens (including phenoxy) is 2. The number of rotatable bonds is 8. The minimum atomic E-state index is 0. The fourth-order valence-corrected chi connectivity index (χ4v) is 3.86. The van der Waals surface area contributed by atoms with Gasteiger partial charge in [-0.15, -0.1) is 24.0 Å². The zero-order valence-electron chi connectivity index (χ0n) is 18.0.